The van der Waals surface area contributed by atoms with E-state index in [1.54, 1.807) is 20.8 Å². The third-order valence-electron chi connectivity index (χ3n) is 7.33. The quantitative estimate of drug-likeness (QED) is 0.392. The zero-order valence-corrected chi connectivity index (χ0v) is 23.6. The molecule has 1 aliphatic heterocycles. The zero-order chi connectivity index (χ0) is 30.0. The molecular formula is C32H33N3O7. The van der Waals surface area contributed by atoms with Crippen LogP contribution in [0.2, 0.25) is 0 Å². The van der Waals surface area contributed by atoms with Gasteiger partial charge in [-0.15, -0.1) is 0 Å². The molecule has 0 aromatic heterocycles. The van der Waals surface area contributed by atoms with Crippen molar-refractivity contribution in [3.05, 3.63) is 95.1 Å². The van der Waals surface area contributed by atoms with E-state index in [9.17, 15) is 19.2 Å². The number of likely N-dealkylation sites (tertiary alicyclic amines) is 1. The number of rotatable bonds is 6. The molecule has 2 atom stereocenters. The predicted molar refractivity (Wildman–Crippen MR) is 154 cm³/mol. The van der Waals surface area contributed by atoms with Crippen LogP contribution < -0.4 is 10.6 Å². The van der Waals surface area contributed by atoms with Crippen molar-refractivity contribution in [2.75, 3.05) is 19.7 Å². The monoisotopic (exact) mass is 571 g/mol. The Morgan fingerprint density at radius 3 is 1.88 bits per heavy atom. The first-order chi connectivity index (χ1) is 20.0. The van der Waals surface area contributed by atoms with E-state index in [1.165, 1.54) is 29.2 Å². The summed E-state index contributed by atoms with van der Waals surface area (Å²) in [6, 6.07) is 20.3. The van der Waals surface area contributed by atoms with Crippen molar-refractivity contribution in [1.29, 1.82) is 0 Å². The lowest BCUT2D eigenvalue weighted by Gasteiger charge is -2.24. The van der Waals surface area contributed by atoms with Crippen LogP contribution in [0.1, 0.15) is 58.5 Å². The van der Waals surface area contributed by atoms with Crippen molar-refractivity contribution in [1.82, 2.24) is 15.5 Å². The molecule has 218 valence electrons. The van der Waals surface area contributed by atoms with Crippen LogP contribution in [0, 0.1) is 0 Å². The number of hydrogen-bond acceptors (Lipinski definition) is 6. The number of hydrogen-bond donors (Lipinski definition) is 3. The first kappa shape index (κ1) is 28.7. The Morgan fingerprint density at radius 1 is 0.810 bits per heavy atom. The van der Waals surface area contributed by atoms with Gasteiger partial charge < -0.3 is 30.1 Å². The summed E-state index contributed by atoms with van der Waals surface area (Å²) in [5, 5.41) is 14.8. The fourth-order valence-electron chi connectivity index (χ4n) is 5.41. The third kappa shape index (κ3) is 6.22. The van der Waals surface area contributed by atoms with Crippen molar-refractivity contribution in [2.45, 2.75) is 44.4 Å². The zero-order valence-electron chi connectivity index (χ0n) is 23.6. The van der Waals surface area contributed by atoms with E-state index in [0.29, 0.717) is 0 Å². The largest absolute Gasteiger partial charge is 0.478 e. The first-order valence-corrected chi connectivity index (χ1v) is 13.7. The number of nitrogens with zero attached hydrogens (tertiary/aromatic N) is 1. The predicted octanol–water partition coefficient (Wildman–Crippen LogP) is 4.64. The third-order valence-corrected chi connectivity index (χ3v) is 7.33. The highest BCUT2D eigenvalue weighted by Crippen LogP contribution is 2.44. The maximum atomic E-state index is 13.3. The standard InChI is InChI=1S/C32H33N3O7/c1-32(2,3)42-30(39)34-27-17-35(16-26(27)33-28(36)19-12-14-20(15-13-19)29(37)38)31(40)41-18-25-23-10-6-4-8-21(23)22-9-5-7-11-24(22)25/h4-15,25-27H,16-18H2,1-3H3,(H,33,36)(H,34,39)(H,37,38)/t26-,27-/m1/s1. The number of carbonyl (C=O) groups excluding carboxylic acids is 3. The summed E-state index contributed by atoms with van der Waals surface area (Å²) in [4.78, 5) is 51.5. The number of aromatic carboxylic acids is 1. The summed E-state index contributed by atoms with van der Waals surface area (Å²) in [6.45, 7) is 5.55. The fourth-order valence-corrected chi connectivity index (χ4v) is 5.41. The van der Waals surface area contributed by atoms with Crippen LogP contribution >= 0.6 is 0 Å². The average molecular weight is 572 g/mol. The minimum absolute atomic E-state index is 0.0540. The minimum Gasteiger partial charge on any atom is -0.478 e. The Kier molecular flexibility index (Phi) is 7.89. The first-order valence-electron chi connectivity index (χ1n) is 13.7. The molecule has 10 nitrogen and oxygen atoms in total. The number of benzene rings is 3. The van der Waals surface area contributed by atoms with Gasteiger partial charge in [0.05, 0.1) is 17.6 Å². The van der Waals surface area contributed by atoms with Crippen molar-refractivity contribution in [3.8, 4) is 11.1 Å². The minimum atomic E-state index is -1.10. The van der Waals surface area contributed by atoms with Gasteiger partial charge in [0.15, 0.2) is 0 Å². The highest BCUT2D eigenvalue weighted by atomic mass is 16.6. The van der Waals surface area contributed by atoms with E-state index in [-0.39, 0.29) is 36.7 Å². The lowest BCUT2D eigenvalue weighted by atomic mass is 9.98. The number of carbonyl (C=O) groups is 4. The van der Waals surface area contributed by atoms with E-state index >= 15 is 0 Å². The molecule has 42 heavy (non-hydrogen) atoms. The van der Waals surface area contributed by atoms with Crippen LogP contribution in [0.25, 0.3) is 11.1 Å². The number of carboxylic acids is 1. The highest BCUT2D eigenvalue weighted by molar-refractivity contribution is 5.96. The lowest BCUT2D eigenvalue weighted by molar-refractivity contribution is 0.0494. The summed E-state index contributed by atoms with van der Waals surface area (Å²) in [5.74, 6) is -1.68. The number of ether oxygens (including phenoxy) is 2. The molecule has 3 N–H and O–H groups in total. The molecule has 1 heterocycles. The second-order valence-electron chi connectivity index (χ2n) is 11.4. The average Bonchev–Trinajstić information content (AvgIpc) is 3.49. The van der Waals surface area contributed by atoms with Gasteiger partial charge in [0.25, 0.3) is 5.91 Å². The molecule has 3 aromatic rings. The number of fused-ring (bicyclic) bond motifs is 3. The van der Waals surface area contributed by atoms with E-state index in [4.69, 9.17) is 14.6 Å². The molecule has 0 unspecified atom stereocenters. The smallest absolute Gasteiger partial charge is 0.409 e. The molecule has 3 aromatic carbocycles. The van der Waals surface area contributed by atoms with Crippen molar-refractivity contribution in [3.63, 3.8) is 0 Å². The highest BCUT2D eigenvalue weighted by Gasteiger charge is 2.39. The Bertz CT molecular complexity index is 1470. The summed E-state index contributed by atoms with van der Waals surface area (Å²) in [6.07, 6.45) is -1.23. The second-order valence-corrected chi connectivity index (χ2v) is 11.4. The van der Waals surface area contributed by atoms with Crippen LogP contribution in [0.5, 0.6) is 0 Å². The SMILES string of the molecule is CC(C)(C)OC(=O)N[C@@H]1CN(C(=O)OCC2c3ccccc3-c3ccccc32)C[C@H]1NC(=O)c1ccc(C(=O)O)cc1. The van der Waals surface area contributed by atoms with Gasteiger partial charge in [-0.25, -0.2) is 14.4 Å². The van der Waals surface area contributed by atoms with Crippen molar-refractivity contribution < 1.29 is 33.8 Å². The summed E-state index contributed by atoms with van der Waals surface area (Å²) in [5.41, 5.74) is 3.99. The molecule has 3 amide bonds. The number of alkyl carbamates (subject to hydrolysis) is 1. The van der Waals surface area contributed by atoms with Crippen LogP contribution in [0.3, 0.4) is 0 Å². The van der Waals surface area contributed by atoms with Crippen LogP contribution in [-0.4, -0.2) is 71.5 Å². The molecule has 0 saturated carbocycles. The van der Waals surface area contributed by atoms with Crippen molar-refractivity contribution in [2.24, 2.45) is 0 Å². The van der Waals surface area contributed by atoms with Crippen LogP contribution in [0.4, 0.5) is 9.59 Å². The fraction of sp³-hybridized carbons (Fsp3) is 0.312. The number of carboxylic acid groups (broad SMARTS) is 1. The number of amides is 3. The molecule has 2 aliphatic rings. The molecule has 1 fully saturated rings. The van der Waals surface area contributed by atoms with Crippen molar-refractivity contribution >= 4 is 24.1 Å². The van der Waals surface area contributed by atoms with E-state index in [1.807, 2.05) is 36.4 Å². The van der Waals surface area contributed by atoms with Gasteiger partial charge in [0.2, 0.25) is 0 Å². The van der Waals surface area contributed by atoms with E-state index in [2.05, 4.69) is 22.8 Å². The topological polar surface area (TPSA) is 134 Å². The van der Waals surface area contributed by atoms with Gasteiger partial charge in [0, 0.05) is 24.6 Å². The van der Waals surface area contributed by atoms with Gasteiger partial charge in [0.1, 0.15) is 12.2 Å². The van der Waals surface area contributed by atoms with Gasteiger partial charge >= 0.3 is 18.2 Å². The van der Waals surface area contributed by atoms with Gasteiger partial charge in [-0.05, 0) is 67.3 Å². The van der Waals surface area contributed by atoms with Gasteiger partial charge in [-0.1, -0.05) is 48.5 Å². The molecule has 0 spiro atoms. The van der Waals surface area contributed by atoms with Crippen LogP contribution in [-0.2, 0) is 9.47 Å². The Hall–Kier alpha value is -4.86. The van der Waals surface area contributed by atoms with Gasteiger partial charge in [-0.2, -0.15) is 0 Å². The van der Waals surface area contributed by atoms with Crippen LogP contribution in [0.15, 0.2) is 72.8 Å². The Labute approximate surface area is 243 Å². The molecule has 0 bridgehead atoms. The summed E-state index contributed by atoms with van der Waals surface area (Å²) in [7, 11) is 0. The molecule has 1 saturated heterocycles. The molecule has 10 heteroatoms. The number of nitrogens with one attached hydrogen (secondary N) is 2. The second kappa shape index (κ2) is 11.6. The Morgan fingerprint density at radius 2 is 1.33 bits per heavy atom. The molecular weight excluding hydrogens is 538 g/mol. The van der Waals surface area contributed by atoms with E-state index < -0.39 is 41.7 Å². The summed E-state index contributed by atoms with van der Waals surface area (Å²) < 4.78 is 11.2. The molecule has 5 rings (SSSR count). The van der Waals surface area contributed by atoms with Gasteiger partial charge in [-0.3, -0.25) is 4.79 Å². The van der Waals surface area contributed by atoms with E-state index in [0.717, 1.165) is 22.3 Å². The lowest BCUT2D eigenvalue weighted by Crippen LogP contribution is -2.51. The molecule has 1 aliphatic carbocycles. The maximum Gasteiger partial charge on any atom is 0.409 e. The normalized spacial score (nSPS) is 17.6. The summed E-state index contributed by atoms with van der Waals surface area (Å²) >= 11 is 0. The molecule has 0 radical (unpaired) electrons. The Balaban J connectivity index is 1.28. The maximum absolute atomic E-state index is 13.3.